The van der Waals surface area contributed by atoms with Crippen LogP contribution in [-0.4, -0.2) is 43.2 Å². The van der Waals surface area contributed by atoms with Crippen LogP contribution in [-0.2, 0) is 0 Å². The Balaban J connectivity index is 1.48. The van der Waals surface area contributed by atoms with Gasteiger partial charge in [-0.3, -0.25) is 5.10 Å². The summed E-state index contributed by atoms with van der Waals surface area (Å²) in [4.78, 5) is 17.1. The van der Waals surface area contributed by atoms with Crippen LogP contribution in [0.2, 0.25) is 0 Å². The summed E-state index contributed by atoms with van der Waals surface area (Å²) in [5.74, 6) is 1.23. The second-order valence-electron chi connectivity index (χ2n) is 7.42. The number of aromatic nitrogens is 6. The third kappa shape index (κ3) is 2.72. The van der Waals surface area contributed by atoms with Crippen LogP contribution >= 0.6 is 0 Å². The lowest BCUT2D eigenvalue weighted by Gasteiger charge is -2.22. The Kier molecular flexibility index (Phi) is 3.70. The third-order valence-electron chi connectivity index (χ3n) is 5.70. The molecule has 0 amide bonds. The van der Waals surface area contributed by atoms with Crippen LogP contribution in [0.25, 0.3) is 44.8 Å². The number of piperidine rings is 1. The van der Waals surface area contributed by atoms with E-state index in [-0.39, 0.29) is 0 Å². The maximum absolute atomic E-state index is 5.24. The van der Waals surface area contributed by atoms with E-state index in [2.05, 4.69) is 36.5 Å². The average molecular weight is 385 g/mol. The highest BCUT2D eigenvalue weighted by Crippen LogP contribution is 2.32. The van der Waals surface area contributed by atoms with Crippen molar-refractivity contribution in [2.75, 3.05) is 13.1 Å². The van der Waals surface area contributed by atoms with Crippen LogP contribution in [0.15, 0.2) is 47.5 Å². The number of fused-ring (bicyclic) bond motifs is 2. The van der Waals surface area contributed by atoms with E-state index in [1.54, 1.807) is 18.7 Å². The van der Waals surface area contributed by atoms with Gasteiger partial charge < -0.3 is 14.7 Å². The summed E-state index contributed by atoms with van der Waals surface area (Å²) < 4.78 is 5.24. The highest BCUT2D eigenvalue weighted by molar-refractivity contribution is 5.94. The number of rotatable bonds is 3. The van der Waals surface area contributed by atoms with Gasteiger partial charge in [-0.05, 0) is 55.6 Å². The van der Waals surface area contributed by atoms with Crippen LogP contribution in [0.1, 0.15) is 24.3 Å². The lowest BCUT2D eigenvalue weighted by atomic mass is 9.91. The molecule has 6 rings (SSSR count). The molecule has 5 aromatic heterocycles. The summed E-state index contributed by atoms with van der Waals surface area (Å²) in [6, 6.07) is 6.09. The zero-order valence-corrected chi connectivity index (χ0v) is 15.6. The molecular formula is C21H19N7O. The van der Waals surface area contributed by atoms with Gasteiger partial charge in [-0.2, -0.15) is 5.10 Å². The van der Waals surface area contributed by atoms with Crippen molar-refractivity contribution in [1.82, 2.24) is 35.5 Å². The quantitative estimate of drug-likeness (QED) is 0.438. The van der Waals surface area contributed by atoms with E-state index in [0.717, 1.165) is 53.7 Å². The van der Waals surface area contributed by atoms with Crippen molar-refractivity contribution in [2.24, 2.45) is 0 Å². The lowest BCUT2D eigenvalue weighted by molar-refractivity contribution is 0.460. The molecule has 5 aromatic rings. The number of hydrogen-bond acceptors (Lipinski definition) is 6. The Labute approximate surface area is 165 Å². The highest BCUT2D eigenvalue weighted by atomic mass is 16.3. The fourth-order valence-electron chi connectivity index (χ4n) is 4.16. The number of H-pyrrole nitrogens is 2. The highest BCUT2D eigenvalue weighted by Gasteiger charge is 2.20. The molecule has 3 N–H and O–H groups in total. The van der Waals surface area contributed by atoms with Crippen LogP contribution in [0, 0.1) is 0 Å². The van der Waals surface area contributed by atoms with E-state index in [1.807, 2.05) is 18.3 Å². The Hall–Kier alpha value is -3.52. The summed E-state index contributed by atoms with van der Waals surface area (Å²) >= 11 is 0. The van der Waals surface area contributed by atoms with Gasteiger partial charge in [-0.25, -0.2) is 15.0 Å². The SMILES string of the molecule is c1cc(-c2ccoc2)c2[nH]c(-c3[nH]nc4ncc(C5CCNCC5)cc34)nc2n1. The van der Waals surface area contributed by atoms with Gasteiger partial charge in [-0.1, -0.05) is 0 Å². The largest absolute Gasteiger partial charge is 0.472 e. The van der Waals surface area contributed by atoms with Crippen molar-refractivity contribution in [3.63, 3.8) is 0 Å². The number of nitrogens with one attached hydrogen (secondary N) is 3. The average Bonchev–Trinajstić information content (AvgIpc) is 3.52. The maximum atomic E-state index is 5.24. The third-order valence-corrected chi connectivity index (χ3v) is 5.70. The minimum Gasteiger partial charge on any atom is -0.472 e. The fraction of sp³-hybridized carbons (Fsp3) is 0.238. The van der Waals surface area contributed by atoms with Gasteiger partial charge in [0.25, 0.3) is 0 Å². The summed E-state index contributed by atoms with van der Waals surface area (Å²) in [7, 11) is 0. The summed E-state index contributed by atoms with van der Waals surface area (Å²) in [5, 5.41) is 11.9. The first-order valence-corrected chi connectivity index (χ1v) is 9.79. The molecule has 0 bridgehead atoms. The van der Waals surface area contributed by atoms with Crippen molar-refractivity contribution in [2.45, 2.75) is 18.8 Å². The van der Waals surface area contributed by atoms with Gasteiger partial charge in [0, 0.05) is 23.5 Å². The second-order valence-corrected chi connectivity index (χ2v) is 7.42. The monoisotopic (exact) mass is 385 g/mol. The van der Waals surface area contributed by atoms with Crippen LogP contribution in [0.4, 0.5) is 0 Å². The maximum Gasteiger partial charge on any atom is 0.181 e. The molecule has 8 nitrogen and oxygen atoms in total. The van der Waals surface area contributed by atoms with Gasteiger partial charge >= 0.3 is 0 Å². The van der Waals surface area contributed by atoms with Crippen molar-refractivity contribution in [1.29, 1.82) is 0 Å². The first kappa shape index (κ1) is 16.4. The molecule has 0 aromatic carbocycles. The van der Waals surface area contributed by atoms with Gasteiger partial charge in [0.2, 0.25) is 0 Å². The number of aromatic amines is 2. The fourth-order valence-corrected chi connectivity index (χ4v) is 4.16. The molecule has 0 atom stereocenters. The van der Waals surface area contributed by atoms with Crippen molar-refractivity contribution < 1.29 is 4.42 Å². The number of pyridine rings is 2. The Morgan fingerprint density at radius 2 is 2.00 bits per heavy atom. The van der Waals surface area contributed by atoms with Crippen molar-refractivity contribution in [3.05, 3.63) is 48.7 Å². The molecule has 0 unspecified atom stereocenters. The number of nitrogens with zero attached hydrogens (tertiary/aromatic N) is 4. The number of furan rings is 1. The summed E-state index contributed by atoms with van der Waals surface area (Å²) in [5.41, 5.74) is 6.30. The van der Waals surface area contributed by atoms with E-state index < -0.39 is 0 Å². The first-order chi connectivity index (χ1) is 14.4. The Morgan fingerprint density at radius 3 is 2.86 bits per heavy atom. The predicted molar refractivity (Wildman–Crippen MR) is 109 cm³/mol. The molecule has 6 heterocycles. The van der Waals surface area contributed by atoms with E-state index in [0.29, 0.717) is 23.0 Å². The lowest BCUT2D eigenvalue weighted by Crippen LogP contribution is -2.26. The molecule has 1 aliphatic heterocycles. The number of hydrogen-bond donors (Lipinski definition) is 3. The van der Waals surface area contributed by atoms with Gasteiger partial charge in [0.05, 0.1) is 23.4 Å². The molecule has 0 aliphatic carbocycles. The Bertz CT molecular complexity index is 1300. The van der Waals surface area contributed by atoms with Crippen LogP contribution < -0.4 is 5.32 Å². The molecule has 1 saturated heterocycles. The molecule has 8 heteroatoms. The molecule has 0 radical (unpaired) electrons. The van der Waals surface area contributed by atoms with Crippen molar-refractivity contribution in [3.8, 4) is 22.6 Å². The zero-order valence-electron chi connectivity index (χ0n) is 15.6. The second kappa shape index (κ2) is 6.52. The molecule has 29 heavy (non-hydrogen) atoms. The van der Waals surface area contributed by atoms with E-state index >= 15 is 0 Å². The van der Waals surface area contributed by atoms with Gasteiger partial charge in [-0.15, -0.1) is 0 Å². The minimum absolute atomic E-state index is 0.529. The molecule has 1 aliphatic rings. The van der Waals surface area contributed by atoms with Gasteiger partial charge in [0.1, 0.15) is 5.69 Å². The smallest absolute Gasteiger partial charge is 0.181 e. The summed E-state index contributed by atoms with van der Waals surface area (Å²) in [6.45, 7) is 2.10. The molecule has 1 fully saturated rings. The van der Waals surface area contributed by atoms with Crippen LogP contribution in [0.5, 0.6) is 0 Å². The first-order valence-electron chi connectivity index (χ1n) is 9.79. The zero-order chi connectivity index (χ0) is 19.2. The molecular weight excluding hydrogens is 366 g/mol. The topological polar surface area (TPSA) is 108 Å². The number of imidazole rings is 1. The van der Waals surface area contributed by atoms with Gasteiger partial charge in [0.15, 0.2) is 17.1 Å². The minimum atomic E-state index is 0.529. The van der Waals surface area contributed by atoms with Crippen molar-refractivity contribution >= 4 is 22.2 Å². The summed E-state index contributed by atoms with van der Waals surface area (Å²) in [6.07, 6.45) is 9.36. The van der Waals surface area contributed by atoms with E-state index in [4.69, 9.17) is 9.40 Å². The predicted octanol–water partition coefficient (Wildman–Crippen LogP) is 3.62. The van der Waals surface area contributed by atoms with E-state index in [1.165, 1.54) is 5.56 Å². The standard InChI is InChI=1S/C21H19N7O/c1-5-22-6-2-12(1)14-9-16-18(27-28-19(16)24-10-14)21-25-17-15(13-4-8-29-11-13)3-7-23-20(17)26-21/h3-4,7-12,22H,1-2,5-6H2,(H,23,25,26)(H,24,27,28). The van der Waals surface area contributed by atoms with E-state index in [9.17, 15) is 0 Å². The Morgan fingerprint density at radius 1 is 1.07 bits per heavy atom. The normalized spacial score (nSPS) is 15.4. The molecule has 144 valence electrons. The molecule has 0 saturated carbocycles. The van der Waals surface area contributed by atoms with Crippen LogP contribution in [0.3, 0.4) is 0 Å². The molecule has 0 spiro atoms.